The zero-order chi connectivity index (χ0) is 20.5. The maximum absolute atomic E-state index is 13.0. The minimum Gasteiger partial charge on any atom is -0.306 e. The van der Waals surface area contributed by atoms with Crippen molar-refractivity contribution >= 4 is 11.0 Å². The Hall–Kier alpha value is -3.18. The fourth-order valence-electron chi connectivity index (χ4n) is 4.47. The smallest absolute Gasteiger partial charge is 0.254 e. The van der Waals surface area contributed by atoms with Gasteiger partial charge in [-0.2, -0.15) is 5.10 Å². The third kappa shape index (κ3) is 3.57. The van der Waals surface area contributed by atoms with E-state index in [2.05, 4.69) is 28.9 Å². The van der Waals surface area contributed by atoms with E-state index < -0.39 is 0 Å². The van der Waals surface area contributed by atoms with E-state index >= 15 is 0 Å². The second-order valence-corrected chi connectivity index (χ2v) is 8.33. The van der Waals surface area contributed by atoms with E-state index in [0.717, 1.165) is 46.6 Å². The quantitative estimate of drug-likeness (QED) is 0.546. The van der Waals surface area contributed by atoms with Crippen molar-refractivity contribution in [1.82, 2.24) is 19.7 Å². The number of hydrogen-bond donors (Lipinski definition) is 1. The van der Waals surface area contributed by atoms with Crippen molar-refractivity contribution in [3.05, 3.63) is 82.6 Å². The second-order valence-electron chi connectivity index (χ2n) is 8.33. The van der Waals surface area contributed by atoms with Crippen LogP contribution < -0.4 is 5.56 Å². The van der Waals surface area contributed by atoms with Gasteiger partial charge in [0, 0.05) is 29.6 Å². The Balaban J connectivity index is 1.65. The van der Waals surface area contributed by atoms with Crippen LogP contribution in [0.5, 0.6) is 0 Å². The van der Waals surface area contributed by atoms with Gasteiger partial charge in [-0.1, -0.05) is 55.5 Å². The Kier molecular flexibility index (Phi) is 4.97. The molecule has 1 N–H and O–H groups in total. The number of aromatic amines is 1. The molecule has 30 heavy (non-hydrogen) atoms. The molecule has 1 aliphatic heterocycles. The average Bonchev–Trinajstić information content (AvgIpc) is 3.13. The first kappa shape index (κ1) is 18.8. The van der Waals surface area contributed by atoms with Gasteiger partial charge in [-0.05, 0) is 43.5 Å². The molecule has 0 spiro atoms. The van der Waals surface area contributed by atoms with Crippen molar-refractivity contribution in [3.8, 4) is 16.9 Å². The SMILES string of the molecule is CC1CCCN(Cc2cc3c(-c4ccccc4)nn(-c4ccccc4)c3[nH]c2=O)C1. The first-order valence-electron chi connectivity index (χ1n) is 10.7. The number of H-pyrrole nitrogens is 1. The highest BCUT2D eigenvalue weighted by Gasteiger charge is 2.20. The average molecular weight is 399 g/mol. The number of rotatable bonds is 4. The molecule has 5 nitrogen and oxygen atoms in total. The molecule has 0 aliphatic carbocycles. The van der Waals surface area contributed by atoms with Gasteiger partial charge >= 0.3 is 0 Å². The van der Waals surface area contributed by atoms with Crippen molar-refractivity contribution in [2.24, 2.45) is 5.92 Å². The van der Waals surface area contributed by atoms with Crippen LogP contribution in [-0.4, -0.2) is 32.8 Å². The summed E-state index contributed by atoms with van der Waals surface area (Å²) in [5, 5.41) is 5.88. The molecular weight excluding hydrogens is 372 g/mol. The zero-order valence-electron chi connectivity index (χ0n) is 17.2. The van der Waals surface area contributed by atoms with Gasteiger partial charge in [-0.25, -0.2) is 4.68 Å². The molecule has 0 amide bonds. The third-order valence-corrected chi connectivity index (χ3v) is 5.95. The van der Waals surface area contributed by atoms with E-state index in [1.165, 1.54) is 12.8 Å². The monoisotopic (exact) mass is 398 g/mol. The van der Waals surface area contributed by atoms with Crippen LogP contribution in [0.1, 0.15) is 25.3 Å². The van der Waals surface area contributed by atoms with Crippen LogP contribution in [0.4, 0.5) is 0 Å². The van der Waals surface area contributed by atoms with Crippen LogP contribution in [0.15, 0.2) is 71.5 Å². The van der Waals surface area contributed by atoms with Gasteiger partial charge in [0.1, 0.15) is 11.3 Å². The first-order chi connectivity index (χ1) is 14.7. The Labute approximate surface area is 176 Å². The topological polar surface area (TPSA) is 53.9 Å². The Bertz CT molecular complexity index is 1210. The molecule has 1 atom stereocenters. The van der Waals surface area contributed by atoms with E-state index in [4.69, 9.17) is 5.10 Å². The standard InChI is InChI=1S/C25H26N4O/c1-18-9-8-14-28(16-18)17-20-15-22-23(19-10-4-2-5-11-19)27-29(24(22)26-25(20)30)21-12-6-3-7-13-21/h2-7,10-13,15,18H,8-9,14,16-17H2,1H3,(H,26,30). The summed E-state index contributed by atoms with van der Waals surface area (Å²) in [5.41, 5.74) is 4.37. The highest BCUT2D eigenvalue weighted by atomic mass is 16.1. The molecule has 1 unspecified atom stereocenters. The molecule has 3 heterocycles. The zero-order valence-corrected chi connectivity index (χ0v) is 17.2. The number of benzene rings is 2. The molecule has 1 fully saturated rings. The van der Waals surface area contributed by atoms with Crippen LogP contribution in [-0.2, 0) is 6.54 Å². The molecule has 0 radical (unpaired) electrons. The summed E-state index contributed by atoms with van der Waals surface area (Å²) in [6.45, 7) is 5.07. The Morgan fingerprint density at radius 2 is 1.80 bits per heavy atom. The second kappa shape index (κ2) is 7.92. The summed E-state index contributed by atoms with van der Waals surface area (Å²) < 4.78 is 1.84. The van der Waals surface area contributed by atoms with Gasteiger partial charge in [-0.3, -0.25) is 9.69 Å². The number of likely N-dealkylation sites (tertiary alicyclic amines) is 1. The van der Waals surface area contributed by atoms with E-state index in [1.54, 1.807) is 0 Å². The molecule has 4 aromatic rings. The maximum Gasteiger partial charge on any atom is 0.254 e. The number of hydrogen-bond acceptors (Lipinski definition) is 3. The summed E-state index contributed by atoms with van der Waals surface area (Å²) in [4.78, 5) is 18.5. The normalized spacial score (nSPS) is 17.4. The summed E-state index contributed by atoms with van der Waals surface area (Å²) in [5.74, 6) is 0.683. The van der Waals surface area contributed by atoms with Crippen LogP contribution in [0.3, 0.4) is 0 Å². The van der Waals surface area contributed by atoms with Gasteiger partial charge in [-0.15, -0.1) is 0 Å². The molecular formula is C25H26N4O. The summed E-state index contributed by atoms with van der Waals surface area (Å²) >= 11 is 0. The van der Waals surface area contributed by atoms with Crippen molar-refractivity contribution in [3.63, 3.8) is 0 Å². The summed E-state index contributed by atoms with van der Waals surface area (Å²) in [6.07, 6.45) is 2.47. The number of aromatic nitrogens is 3. The minimum atomic E-state index is -0.0302. The van der Waals surface area contributed by atoms with Gasteiger partial charge < -0.3 is 4.98 Å². The van der Waals surface area contributed by atoms with Crippen molar-refractivity contribution < 1.29 is 0 Å². The van der Waals surface area contributed by atoms with E-state index in [-0.39, 0.29) is 5.56 Å². The van der Waals surface area contributed by atoms with Crippen LogP contribution in [0, 0.1) is 5.92 Å². The lowest BCUT2D eigenvalue weighted by molar-refractivity contribution is 0.176. The molecule has 0 bridgehead atoms. The van der Waals surface area contributed by atoms with E-state index in [0.29, 0.717) is 12.5 Å². The number of para-hydroxylation sites is 1. The van der Waals surface area contributed by atoms with Crippen molar-refractivity contribution in [1.29, 1.82) is 0 Å². The van der Waals surface area contributed by atoms with Gasteiger partial charge in [0.2, 0.25) is 0 Å². The minimum absolute atomic E-state index is 0.0302. The number of fused-ring (bicyclic) bond motifs is 1. The maximum atomic E-state index is 13.0. The first-order valence-corrected chi connectivity index (χ1v) is 10.7. The largest absolute Gasteiger partial charge is 0.306 e. The van der Waals surface area contributed by atoms with Gasteiger partial charge in [0.05, 0.1) is 5.69 Å². The molecule has 5 heteroatoms. The molecule has 1 saturated heterocycles. The van der Waals surface area contributed by atoms with Crippen molar-refractivity contribution in [2.45, 2.75) is 26.3 Å². The molecule has 0 saturated carbocycles. The molecule has 1 aliphatic rings. The third-order valence-electron chi connectivity index (χ3n) is 5.95. The lowest BCUT2D eigenvalue weighted by atomic mass is 10.00. The number of piperidine rings is 1. The van der Waals surface area contributed by atoms with Crippen LogP contribution in [0.25, 0.3) is 28.0 Å². The van der Waals surface area contributed by atoms with E-state index in [9.17, 15) is 4.79 Å². The van der Waals surface area contributed by atoms with Crippen LogP contribution >= 0.6 is 0 Å². The fourth-order valence-corrected chi connectivity index (χ4v) is 4.47. The lowest BCUT2D eigenvalue weighted by Gasteiger charge is -2.30. The highest BCUT2D eigenvalue weighted by molar-refractivity contribution is 5.92. The summed E-state index contributed by atoms with van der Waals surface area (Å²) in [6, 6.07) is 22.2. The summed E-state index contributed by atoms with van der Waals surface area (Å²) in [7, 11) is 0. The Morgan fingerprint density at radius 1 is 1.07 bits per heavy atom. The van der Waals surface area contributed by atoms with Crippen LogP contribution in [0.2, 0.25) is 0 Å². The number of pyridine rings is 1. The molecule has 2 aromatic carbocycles. The highest BCUT2D eigenvalue weighted by Crippen LogP contribution is 2.29. The van der Waals surface area contributed by atoms with Crippen molar-refractivity contribution in [2.75, 3.05) is 13.1 Å². The fraction of sp³-hybridized carbons (Fsp3) is 0.280. The Morgan fingerprint density at radius 3 is 2.53 bits per heavy atom. The van der Waals surface area contributed by atoms with Gasteiger partial charge in [0.15, 0.2) is 0 Å². The lowest BCUT2D eigenvalue weighted by Crippen LogP contribution is -2.35. The predicted molar refractivity (Wildman–Crippen MR) is 121 cm³/mol. The molecule has 5 rings (SSSR count). The molecule has 152 valence electrons. The van der Waals surface area contributed by atoms with Gasteiger partial charge in [0.25, 0.3) is 5.56 Å². The molecule has 2 aromatic heterocycles. The predicted octanol–water partition coefficient (Wildman–Crippen LogP) is 4.61. The number of nitrogens with zero attached hydrogens (tertiary/aromatic N) is 3. The van der Waals surface area contributed by atoms with E-state index in [1.807, 2.05) is 59.3 Å². The number of nitrogens with one attached hydrogen (secondary N) is 1.